The van der Waals surface area contributed by atoms with Gasteiger partial charge in [0.2, 0.25) is 0 Å². The van der Waals surface area contributed by atoms with E-state index in [9.17, 15) is 14.7 Å². The van der Waals surface area contributed by atoms with Crippen LogP contribution in [0, 0.1) is 17.3 Å². The Bertz CT molecular complexity index is 644. The van der Waals surface area contributed by atoms with Crippen LogP contribution in [0.25, 0.3) is 0 Å². The molecule has 0 aromatic heterocycles. The molecule has 2 bridgehead atoms. The van der Waals surface area contributed by atoms with Crippen molar-refractivity contribution < 1.29 is 28.9 Å². The number of hydrogen-bond donors (Lipinski definition) is 1. The largest absolute Gasteiger partial charge is 0.458 e. The van der Waals surface area contributed by atoms with Crippen LogP contribution >= 0.6 is 0 Å². The number of hydrogen-bond acceptors (Lipinski definition) is 6. The standard InChI is InChI=1S/C21H32O6/c1-7-20(8-2,25-11-19(5,6)24)21-10-13-9-14(21)16(27-18(21)23)15(13)26-17(22)12(3)4/h13-16,24H,3,7-11H2,1-2,4-6H3. The normalized spacial score (nSPS) is 34.7. The van der Waals surface area contributed by atoms with E-state index in [-0.39, 0.29) is 24.4 Å². The minimum absolute atomic E-state index is 0.0281. The van der Waals surface area contributed by atoms with E-state index < -0.39 is 34.8 Å². The summed E-state index contributed by atoms with van der Waals surface area (Å²) in [5.74, 6) is -0.623. The fraction of sp³-hybridized carbons (Fsp3) is 0.810. The highest BCUT2D eigenvalue weighted by Crippen LogP contribution is 2.68. The highest BCUT2D eigenvalue weighted by molar-refractivity contribution is 5.87. The van der Waals surface area contributed by atoms with Gasteiger partial charge in [-0.15, -0.1) is 0 Å². The lowest BCUT2D eigenvalue weighted by molar-refractivity contribution is -0.192. The molecule has 27 heavy (non-hydrogen) atoms. The maximum atomic E-state index is 13.1. The number of rotatable bonds is 8. The number of fused-ring (bicyclic) bond motifs is 1. The van der Waals surface area contributed by atoms with E-state index >= 15 is 0 Å². The Morgan fingerprint density at radius 3 is 2.52 bits per heavy atom. The SMILES string of the molecule is C=C(C)C(=O)OC1C2CC3C1OC(=O)C3(C(CC)(CC)OCC(C)(C)O)C2. The van der Waals surface area contributed by atoms with Crippen LogP contribution < -0.4 is 0 Å². The summed E-state index contributed by atoms with van der Waals surface area (Å²) in [5, 5.41) is 10.2. The molecule has 0 aromatic carbocycles. The lowest BCUT2D eigenvalue weighted by atomic mass is 9.60. The molecule has 3 fully saturated rings. The van der Waals surface area contributed by atoms with Crippen LogP contribution in [0.3, 0.4) is 0 Å². The second-order valence-electron chi connectivity index (χ2n) is 9.10. The first-order valence-corrected chi connectivity index (χ1v) is 9.95. The molecular weight excluding hydrogens is 348 g/mol. The highest BCUT2D eigenvalue weighted by atomic mass is 16.6. The van der Waals surface area contributed by atoms with E-state index in [0.717, 1.165) is 6.42 Å². The van der Waals surface area contributed by atoms with Gasteiger partial charge in [0.05, 0.1) is 17.8 Å². The molecule has 6 heteroatoms. The van der Waals surface area contributed by atoms with Crippen molar-refractivity contribution in [3.63, 3.8) is 0 Å². The number of aliphatic hydroxyl groups is 1. The third-order valence-corrected chi connectivity index (χ3v) is 6.81. The van der Waals surface area contributed by atoms with Crippen LogP contribution in [0.5, 0.6) is 0 Å². The third kappa shape index (κ3) is 2.92. The molecule has 3 aliphatic rings. The van der Waals surface area contributed by atoms with Crippen molar-refractivity contribution in [2.45, 2.75) is 83.7 Å². The smallest absolute Gasteiger partial charge is 0.333 e. The van der Waals surface area contributed by atoms with E-state index in [2.05, 4.69) is 6.58 Å². The Labute approximate surface area is 161 Å². The minimum Gasteiger partial charge on any atom is -0.458 e. The average molecular weight is 380 g/mol. The fourth-order valence-corrected chi connectivity index (χ4v) is 5.58. The van der Waals surface area contributed by atoms with Crippen molar-refractivity contribution >= 4 is 11.9 Å². The monoisotopic (exact) mass is 380 g/mol. The first-order valence-electron chi connectivity index (χ1n) is 9.95. The van der Waals surface area contributed by atoms with Crippen LogP contribution in [0.4, 0.5) is 0 Å². The highest BCUT2D eigenvalue weighted by Gasteiger charge is 2.77. The van der Waals surface area contributed by atoms with Gasteiger partial charge in [-0.2, -0.15) is 0 Å². The molecule has 5 unspecified atom stereocenters. The van der Waals surface area contributed by atoms with Gasteiger partial charge in [0.1, 0.15) is 17.6 Å². The van der Waals surface area contributed by atoms with Gasteiger partial charge in [-0.3, -0.25) is 4.79 Å². The summed E-state index contributed by atoms with van der Waals surface area (Å²) in [6.07, 6.45) is 1.87. The predicted octanol–water partition coefficient (Wildman–Crippen LogP) is 2.77. The predicted molar refractivity (Wildman–Crippen MR) is 98.8 cm³/mol. The summed E-state index contributed by atoms with van der Waals surface area (Å²) in [7, 11) is 0. The third-order valence-electron chi connectivity index (χ3n) is 6.81. The quantitative estimate of drug-likeness (QED) is 0.515. The molecule has 1 aliphatic heterocycles. The first kappa shape index (κ1) is 20.3. The van der Waals surface area contributed by atoms with Crippen LogP contribution in [-0.4, -0.2) is 47.1 Å². The van der Waals surface area contributed by atoms with Gasteiger partial charge in [-0.05, 0) is 46.5 Å². The molecule has 1 saturated heterocycles. The van der Waals surface area contributed by atoms with Crippen molar-refractivity contribution in [3.8, 4) is 0 Å². The molecule has 6 nitrogen and oxygen atoms in total. The lowest BCUT2D eigenvalue weighted by Crippen LogP contribution is -2.57. The number of esters is 2. The van der Waals surface area contributed by atoms with Crippen molar-refractivity contribution in [1.29, 1.82) is 0 Å². The molecule has 0 amide bonds. The Morgan fingerprint density at radius 1 is 1.37 bits per heavy atom. The van der Waals surface area contributed by atoms with E-state index in [4.69, 9.17) is 14.2 Å². The zero-order valence-corrected chi connectivity index (χ0v) is 17.0. The van der Waals surface area contributed by atoms with Gasteiger partial charge in [-0.25, -0.2) is 4.79 Å². The minimum atomic E-state index is -0.981. The van der Waals surface area contributed by atoms with Crippen molar-refractivity contribution in [1.82, 2.24) is 0 Å². The summed E-state index contributed by atoms with van der Waals surface area (Å²) in [6.45, 7) is 12.8. The molecule has 1 N–H and O–H groups in total. The Balaban J connectivity index is 1.90. The van der Waals surface area contributed by atoms with E-state index in [0.29, 0.717) is 24.8 Å². The molecular formula is C21H32O6. The molecule has 0 spiro atoms. The van der Waals surface area contributed by atoms with Crippen LogP contribution in [-0.2, 0) is 23.8 Å². The van der Waals surface area contributed by atoms with Crippen LogP contribution in [0.15, 0.2) is 12.2 Å². The average Bonchev–Trinajstić information content (AvgIpc) is 3.18. The van der Waals surface area contributed by atoms with Crippen molar-refractivity contribution in [2.24, 2.45) is 17.3 Å². The maximum absolute atomic E-state index is 13.1. The zero-order chi connectivity index (χ0) is 20.2. The second kappa shape index (κ2) is 6.59. The summed E-state index contributed by atoms with van der Waals surface area (Å²) < 4.78 is 17.7. The first-order chi connectivity index (χ1) is 12.5. The molecule has 2 aliphatic carbocycles. The Kier molecular flexibility index (Phi) is 4.96. The number of carbonyl (C=O) groups is 2. The molecule has 0 radical (unpaired) electrons. The molecule has 5 atom stereocenters. The lowest BCUT2D eigenvalue weighted by Gasteiger charge is -2.48. The Morgan fingerprint density at radius 2 is 2.00 bits per heavy atom. The van der Waals surface area contributed by atoms with Gasteiger partial charge in [0.25, 0.3) is 0 Å². The zero-order valence-electron chi connectivity index (χ0n) is 17.0. The molecule has 0 aromatic rings. The van der Waals surface area contributed by atoms with Crippen LogP contribution in [0.1, 0.15) is 60.3 Å². The van der Waals surface area contributed by atoms with Crippen molar-refractivity contribution in [2.75, 3.05) is 6.61 Å². The topological polar surface area (TPSA) is 82.1 Å². The van der Waals surface area contributed by atoms with E-state index in [1.807, 2.05) is 13.8 Å². The van der Waals surface area contributed by atoms with Gasteiger partial charge < -0.3 is 19.3 Å². The number of ether oxygens (including phenoxy) is 3. The maximum Gasteiger partial charge on any atom is 0.333 e. The fourth-order valence-electron chi connectivity index (χ4n) is 5.58. The molecule has 1 heterocycles. The molecule has 2 saturated carbocycles. The second-order valence-corrected chi connectivity index (χ2v) is 9.10. The van der Waals surface area contributed by atoms with Crippen molar-refractivity contribution in [3.05, 3.63) is 12.2 Å². The summed E-state index contributed by atoms with van der Waals surface area (Å²) in [5.41, 5.74) is -2.06. The van der Waals surface area contributed by atoms with Crippen LogP contribution in [0.2, 0.25) is 0 Å². The summed E-state index contributed by atoms with van der Waals surface area (Å²) in [4.78, 5) is 25.2. The van der Waals surface area contributed by atoms with Gasteiger partial charge in [-0.1, -0.05) is 20.4 Å². The molecule has 152 valence electrons. The van der Waals surface area contributed by atoms with E-state index in [1.54, 1.807) is 20.8 Å². The van der Waals surface area contributed by atoms with E-state index in [1.165, 1.54) is 0 Å². The summed E-state index contributed by atoms with van der Waals surface area (Å²) in [6, 6.07) is 0. The number of carbonyl (C=O) groups excluding carboxylic acids is 2. The van der Waals surface area contributed by atoms with Gasteiger partial charge >= 0.3 is 11.9 Å². The van der Waals surface area contributed by atoms with Gasteiger partial charge in [0.15, 0.2) is 0 Å². The molecule has 3 rings (SSSR count). The van der Waals surface area contributed by atoms with Gasteiger partial charge in [0, 0.05) is 17.4 Å². The summed E-state index contributed by atoms with van der Waals surface area (Å²) >= 11 is 0. The Hall–Kier alpha value is -1.40.